The first-order valence-corrected chi connectivity index (χ1v) is 22.5. The normalized spacial score (nSPS) is 21.3. The SMILES string of the molecule is CC/C=C\C/C=C\C/C=C\CCCCCC(=O)OC(COC(=O)CCCCCCC/C=C\C/C=C\CCCCC)COC1OC(CS(=O)(=O)O)C(O)C(O)C1O. The van der Waals surface area contributed by atoms with Gasteiger partial charge in [0.25, 0.3) is 10.1 Å². The van der Waals surface area contributed by atoms with E-state index in [1.54, 1.807) is 0 Å². The summed E-state index contributed by atoms with van der Waals surface area (Å²) in [6, 6.07) is 0. The lowest BCUT2D eigenvalue weighted by Crippen LogP contribution is -2.60. The fourth-order valence-electron chi connectivity index (χ4n) is 5.84. The molecule has 4 N–H and O–H groups in total. The number of carbonyl (C=O) groups excluding carboxylic acids is 2. The summed E-state index contributed by atoms with van der Waals surface area (Å²) in [6.07, 6.45) is 29.9. The fraction of sp³-hybridized carbons (Fsp3) is 0.721. The summed E-state index contributed by atoms with van der Waals surface area (Å²) in [6.45, 7) is 3.55. The van der Waals surface area contributed by atoms with E-state index in [0.717, 1.165) is 83.5 Å². The van der Waals surface area contributed by atoms with Crippen LogP contribution < -0.4 is 0 Å². The van der Waals surface area contributed by atoms with Gasteiger partial charge in [0.05, 0.1) is 6.61 Å². The van der Waals surface area contributed by atoms with Crippen LogP contribution in [-0.2, 0) is 38.7 Å². The van der Waals surface area contributed by atoms with Gasteiger partial charge in [-0.1, -0.05) is 113 Å². The molecule has 0 amide bonds. The molecule has 6 atom stereocenters. The number of hydrogen-bond acceptors (Lipinski definition) is 11. The molecule has 0 saturated carbocycles. The minimum Gasteiger partial charge on any atom is -0.462 e. The third kappa shape index (κ3) is 27.9. The van der Waals surface area contributed by atoms with Gasteiger partial charge in [0.2, 0.25) is 0 Å². The largest absolute Gasteiger partial charge is 0.462 e. The van der Waals surface area contributed by atoms with E-state index in [1.807, 2.05) is 0 Å². The first-order chi connectivity index (χ1) is 27.0. The minimum atomic E-state index is -4.61. The zero-order valence-electron chi connectivity index (χ0n) is 34.0. The molecule has 1 aliphatic rings. The van der Waals surface area contributed by atoms with Gasteiger partial charge < -0.3 is 34.3 Å². The van der Waals surface area contributed by atoms with Gasteiger partial charge in [-0.25, -0.2) is 0 Å². The number of hydrogen-bond donors (Lipinski definition) is 4. The van der Waals surface area contributed by atoms with Gasteiger partial charge in [0, 0.05) is 12.8 Å². The lowest BCUT2D eigenvalue weighted by molar-refractivity contribution is -0.297. The highest BCUT2D eigenvalue weighted by Crippen LogP contribution is 2.24. The minimum absolute atomic E-state index is 0.123. The van der Waals surface area contributed by atoms with Crippen LogP contribution in [0.25, 0.3) is 0 Å². The molecule has 1 aliphatic heterocycles. The summed E-state index contributed by atoms with van der Waals surface area (Å²) in [7, 11) is -4.61. The molecule has 0 bridgehead atoms. The Morgan fingerprint density at radius 1 is 0.625 bits per heavy atom. The molecule has 0 aliphatic carbocycles. The van der Waals surface area contributed by atoms with Crippen molar-refractivity contribution >= 4 is 22.1 Å². The molecule has 1 heterocycles. The second-order valence-electron chi connectivity index (χ2n) is 14.3. The zero-order chi connectivity index (χ0) is 41.3. The average Bonchev–Trinajstić information content (AvgIpc) is 3.16. The van der Waals surface area contributed by atoms with Crippen molar-refractivity contribution in [3.05, 3.63) is 60.8 Å². The standard InChI is InChI=1S/C43H72O12S/c1-3-5-7-9-11-13-15-17-18-20-21-23-25-27-29-31-38(44)52-33-36(34-53-43-42(48)41(47)40(46)37(55-43)35-56(49,50)51)54-39(45)32-30-28-26-24-22-19-16-14-12-10-8-6-4-2/h6,8,11-14,17-19,22,36-37,40-43,46-48H,3-5,7,9-10,15-16,20-21,23-35H2,1-2H3,(H,49,50,51)/b8-6-,13-11-,14-12-,18-17-,22-19-. The smallest absolute Gasteiger partial charge is 0.306 e. The highest BCUT2D eigenvalue weighted by atomic mass is 32.2. The quantitative estimate of drug-likeness (QED) is 0.0219. The molecule has 0 spiro atoms. The Morgan fingerprint density at radius 2 is 1.12 bits per heavy atom. The van der Waals surface area contributed by atoms with Crippen LogP contribution in [0.3, 0.4) is 0 Å². The number of esters is 2. The number of aliphatic hydroxyl groups excluding tert-OH is 3. The third-order valence-electron chi connectivity index (χ3n) is 9.08. The maximum absolute atomic E-state index is 12.7. The summed E-state index contributed by atoms with van der Waals surface area (Å²) in [5, 5.41) is 30.8. The van der Waals surface area contributed by atoms with E-state index in [1.165, 1.54) is 19.3 Å². The van der Waals surface area contributed by atoms with E-state index >= 15 is 0 Å². The molecule has 0 aromatic rings. The molecule has 0 aromatic carbocycles. The van der Waals surface area contributed by atoms with Crippen molar-refractivity contribution in [3.8, 4) is 0 Å². The van der Waals surface area contributed by atoms with Crippen molar-refractivity contribution in [3.63, 3.8) is 0 Å². The number of unbranched alkanes of at least 4 members (excludes halogenated alkanes) is 11. The molecule has 13 heteroatoms. The van der Waals surface area contributed by atoms with E-state index in [0.29, 0.717) is 12.8 Å². The monoisotopic (exact) mass is 812 g/mol. The number of carbonyl (C=O) groups is 2. The van der Waals surface area contributed by atoms with Crippen molar-refractivity contribution < 1.29 is 56.8 Å². The Hall–Kier alpha value is -2.65. The Morgan fingerprint density at radius 3 is 1.70 bits per heavy atom. The third-order valence-corrected chi connectivity index (χ3v) is 9.83. The number of allylic oxidation sites excluding steroid dienone is 10. The summed E-state index contributed by atoms with van der Waals surface area (Å²) < 4.78 is 53.9. The van der Waals surface area contributed by atoms with Crippen molar-refractivity contribution in [2.24, 2.45) is 0 Å². The molecule has 56 heavy (non-hydrogen) atoms. The molecule has 0 radical (unpaired) electrons. The topological polar surface area (TPSA) is 186 Å². The van der Waals surface area contributed by atoms with Crippen LogP contribution in [0.2, 0.25) is 0 Å². The summed E-state index contributed by atoms with van der Waals surface area (Å²) in [5.41, 5.74) is 0. The summed E-state index contributed by atoms with van der Waals surface area (Å²) in [4.78, 5) is 25.3. The maximum Gasteiger partial charge on any atom is 0.306 e. The van der Waals surface area contributed by atoms with E-state index in [-0.39, 0.29) is 19.4 Å². The predicted octanol–water partition coefficient (Wildman–Crippen LogP) is 7.78. The van der Waals surface area contributed by atoms with E-state index in [2.05, 4.69) is 74.6 Å². The van der Waals surface area contributed by atoms with Gasteiger partial charge in [-0.2, -0.15) is 8.42 Å². The van der Waals surface area contributed by atoms with Gasteiger partial charge in [-0.15, -0.1) is 0 Å². The zero-order valence-corrected chi connectivity index (χ0v) is 34.8. The average molecular weight is 813 g/mol. The molecule has 1 fully saturated rings. The molecule has 1 rings (SSSR count). The Balaban J connectivity index is 2.52. The molecular formula is C43H72O12S. The molecule has 6 unspecified atom stereocenters. The Labute approximate surface area is 336 Å². The van der Waals surface area contributed by atoms with Crippen molar-refractivity contribution in [2.45, 2.75) is 179 Å². The van der Waals surface area contributed by atoms with Crippen LogP contribution in [0, 0.1) is 0 Å². The number of rotatable bonds is 33. The second kappa shape index (κ2) is 33.3. The van der Waals surface area contributed by atoms with Crippen molar-refractivity contribution in [1.82, 2.24) is 0 Å². The molecule has 1 saturated heterocycles. The van der Waals surface area contributed by atoms with Crippen LogP contribution in [0.4, 0.5) is 0 Å². The molecular weight excluding hydrogens is 741 g/mol. The van der Waals surface area contributed by atoms with Crippen molar-refractivity contribution in [2.75, 3.05) is 19.0 Å². The van der Waals surface area contributed by atoms with Crippen LogP contribution in [0.15, 0.2) is 60.8 Å². The lowest BCUT2D eigenvalue weighted by atomic mass is 10.00. The van der Waals surface area contributed by atoms with E-state index in [4.69, 9.17) is 18.9 Å². The maximum atomic E-state index is 12.7. The molecule has 12 nitrogen and oxygen atoms in total. The number of aliphatic hydroxyl groups is 3. The Bertz CT molecular complexity index is 1280. The first-order valence-electron chi connectivity index (χ1n) is 20.8. The molecule has 322 valence electrons. The second-order valence-corrected chi connectivity index (χ2v) is 15.8. The summed E-state index contributed by atoms with van der Waals surface area (Å²) in [5.74, 6) is -2.05. The van der Waals surface area contributed by atoms with Crippen LogP contribution in [0.1, 0.15) is 142 Å². The number of ether oxygens (including phenoxy) is 4. The van der Waals surface area contributed by atoms with Gasteiger partial charge in [0.15, 0.2) is 12.4 Å². The summed E-state index contributed by atoms with van der Waals surface area (Å²) >= 11 is 0. The highest BCUT2D eigenvalue weighted by Gasteiger charge is 2.46. The van der Waals surface area contributed by atoms with E-state index < -0.39 is 71.2 Å². The van der Waals surface area contributed by atoms with Crippen molar-refractivity contribution in [1.29, 1.82) is 0 Å². The van der Waals surface area contributed by atoms with Crippen LogP contribution in [0.5, 0.6) is 0 Å². The van der Waals surface area contributed by atoms with Crippen LogP contribution >= 0.6 is 0 Å². The molecule has 0 aromatic heterocycles. The fourth-order valence-corrected chi connectivity index (χ4v) is 6.53. The van der Waals surface area contributed by atoms with Gasteiger partial charge in [-0.05, 0) is 77.0 Å². The lowest BCUT2D eigenvalue weighted by Gasteiger charge is -2.40. The van der Waals surface area contributed by atoms with Gasteiger partial charge in [0.1, 0.15) is 36.8 Å². The van der Waals surface area contributed by atoms with Gasteiger partial charge >= 0.3 is 11.9 Å². The Kier molecular flexibility index (Phi) is 30.6. The highest BCUT2D eigenvalue weighted by molar-refractivity contribution is 7.85. The predicted molar refractivity (Wildman–Crippen MR) is 219 cm³/mol. The van der Waals surface area contributed by atoms with Gasteiger partial charge in [-0.3, -0.25) is 14.1 Å². The first kappa shape index (κ1) is 51.4. The van der Waals surface area contributed by atoms with E-state index in [9.17, 15) is 37.9 Å². The van der Waals surface area contributed by atoms with Crippen LogP contribution in [-0.4, -0.2) is 96.0 Å².